The molecule has 4 rings (SSSR count). The van der Waals surface area contributed by atoms with Crippen molar-refractivity contribution in [3.63, 3.8) is 0 Å². The minimum atomic E-state index is -0.716. The summed E-state index contributed by atoms with van der Waals surface area (Å²) >= 11 is 0. The van der Waals surface area contributed by atoms with Crippen LogP contribution in [0.5, 0.6) is 0 Å². The number of carbonyl (C=O) groups is 1. The Bertz CT molecular complexity index is 1230. The van der Waals surface area contributed by atoms with Crippen molar-refractivity contribution in [3.05, 3.63) is 70.0 Å². The molecule has 0 saturated carbocycles. The number of aromatic nitrogens is 3. The first-order valence-electron chi connectivity index (χ1n) is 7.93. The normalized spacial score (nSPS) is 11.3. The monoisotopic (exact) mass is 350 g/mol. The van der Waals surface area contributed by atoms with E-state index < -0.39 is 5.91 Å². The van der Waals surface area contributed by atoms with Crippen LogP contribution in [-0.2, 0) is 6.54 Å². The summed E-state index contributed by atoms with van der Waals surface area (Å²) in [5, 5.41) is 0.252. The third kappa shape index (κ3) is 2.39. The molecule has 4 aromatic rings. The molecule has 8 heteroatoms. The number of aryl methyl sites for hydroxylation is 1. The van der Waals surface area contributed by atoms with Gasteiger partial charge >= 0.3 is 0 Å². The maximum absolute atomic E-state index is 13.0. The minimum Gasteiger partial charge on any atom is -0.466 e. The predicted octanol–water partition coefficient (Wildman–Crippen LogP) is 0.766. The summed E-state index contributed by atoms with van der Waals surface area (Å²) < 4.78 is 8.38. The second-order valence-corrected chi connectivity index (χ2v) is 6.06. The van der Waals surface area contributed by atoms with Crippen LogP contribution in [0.25, 0.3) is 16.7 Å². The van der Waals surface area contributed by atoms with Crippen molar-refractivity contribution in [2.75, 3.05) is 5.73 Å². The lowest BCUT2D eigenvalue weighted by atomic mass is 10.2. The first kappa shape index (κ1) is 15.8. The van der Waals surface area contributed by atoms with Crippen LogP contribution in [-0.4, -0.2) is 15.3 Å². The van der Waals surface area contributed by atoms with Gasteiger partial charge in [0.15, 0.2) is 0 Å². The highest BCUT2D eigenvalue weighted by Gasteiger charge is 2.24. The summed E-state index contributed by atoms with van der Waals surface area (Å²) in [5.74, 6) is 0.0200. The maximum Gasteiger partial charge on any atom is 0.278 e. The zero-order valence-corrected chi connectivity index (χ0v) is 14.0. The number of nitrogens with zero attached hydrogens (tertiary/aromatic N) is 3. The Morgan fingerprint density at radius 1 is 1.35 bits per heavy atom. The second-order valence-electron chi connectivity index (χ2n) is 6.06. The number of rotatable bonds is 3. The van der Waals surface area contributed by atoms with Crippen LogP contribution in [0.4, 0.5) is 5.82 Å². The first-order valence-corrected chi connectivity index (χ1v) is 7.93. The van der Waals surface area contributed by atoms with Crippen molar-refractivity contribution >= 4 is 28.4 Å². The molecule has 1 amide bonds. The van der Waals surface area contributed by atoms with Gasteiger partial charge in [-0.3, -0.25) is 14.0 Å². The van der Waals surface area contributed by atoms with Gasteiger partial charge in [-0.05, 0) is 36.8 Å². The summed E-state index contributed by atoms with van der Waals surface area (Å²) in [5.41, 5.74) is 13.1. The molecule has 0 fully saturated rings. The van der Waals surface area contributed by atoms with Gasteiger partial charge in [0.25, 0.3) is 17.1 Å². The lowest BCUT2D eigenvalue weighted by molar-refractivity contribution is -0.651. The standard InChI is InChI=1S/C18H15N5O3/c1-10-4-5-14-21-17-13(18(25)22(14)8-10)7-12(16(20)24)15(19)23(17)9-11-3-2-6-26-11/h2-8,19H,9H2,1H3,(H2,20,24)/p+1. The number of furan rings is 1. The van der Waals surface area contributed by atoms with Gasteiger partial charge < -0.3 is 15.9 Å². The first-order chi connectivity index (χ1) is 12.5. The number of nitrogens with two attached hydrogens (primary N) is 2. The van der Waals surface area contributed by atoms with Crippen molar-refractivity contribution in [2.45, 2.75) is 13.5 Å². The van der Waals surface area contributed by atoms with Gasteiger partial charge in [-0.25, -0.2) is 4.57 Å². The Kier molecular flexibility index (Phi) is 3.47. The van der Waals surface area contributed by atoms with Gasteiger partial charge in [-0.15, -0.1) is 0 Å². The number of hydrogen-bond acceptors (Lipinski definition) is 5. The summed E-state index contributed by atoms with van der Waals surface area (Å²) in [6, 6.07) is 8.53. The molecule has 0 aliphatic rings. The molecule has 4 N–H and O–H groups in total. The summed E-state index contributed by atoms with van der Waals surface area (Å²) in [4.78, 5) is 29.4. The van der Waals surface area contributed by atoms with Crippen molar-refractivity contribution in [1.29, 1.82) is 0 Å². The van der Waals surface area contributed by atoms with Gasteiger partial charge in [0.05, 0.1) is 6.26 Å². The van der Waals surface area contributed by atoms with E-state index in [0.29, 0.717) is 17.1 Å². The molecule has 4 aromatic heterocycles. The molecule has 0 bridgehead atoms. The van der Waals surface area contributed by atoms with E-state index in [1.165, 1.54) is 16.7 Å². The largest absolute Gasteiger partial charge is 0.466 e. The molecule has 130 valence electrons. The van der Waals surface area contributed by atoms with E-state index in [1.807, 2.05) is 13.0 Å². The molecule has 0 aliphatic carbocycles. The average Bonchev–Trinajstić information content (AvgIpc) is 3.11. The molecule has 0 unspecified atom stereocenters. The zero-order valence-electron chi connectivity index (χ0n) is 14.0. The third-order valence-electron chi connectivity index (χ3n) is 4.26. The fraction of sp³-hybridized carbons (Fsp3) is 0.111. The lowest BCUT2D eigenvalue weighted by Gasteiger charge is -2.10. The quantitative estimate of drug-likeness (QED) is 0.417. The van der Waals surface area contributed by atoms with E-state index in [2.05, 4.69) is 4.98 Å². The highest BCUT2D eigenvalue weighted by Crippen LogP contribution is 2.15. The smallest absolute Gasteiger partial charge is 0.278 e. The van der Waals surface area contributed by atoms with E-state index in [0.717, 1.165) is 5.56 Å². The molecule has 0 atom stereocenters. The van der Waals surface area contributed by atoms with Crippen molar-refractivity contribution in [2.24, 2.45) is 5.73 Å². The van der Waals surface area contributed by atoms with Crippen molar-refractivity contribution < 1.29 is 13.8 Å². The minimum absolute atomic E-state index is 0.0653. The van der Waals surface area contributed by atoms with Gasteiger partial charge in [-0.2, -0.15) is 0 Å². The van der Waals surface area contributed by atoms with E-state index in [4.69, 9.17) is 15.9 Å². The molecule has 8 nitrogen and oxygen atoms in total. The van der Waals surface area contributed by atoms with E-state index >= 15 is 0 Å². The molecule has 0 aromatic carbocycles. The summed E-state index contributed by atoms with van der Waals surface area (Å²) in [7, 11) is 0. The summed E-state index contributed by atoms with van der Waals surface area (Å²) in [6.07, 6.45) is 3.23. The number of primary amides is 1. The number of pyridine rings is 2. The molecule has 26 heavy (non-hydrogen) atoms. The number of nitrogen functional groups attached to an aromatic ring is 1. The number of fused-ring (bicyclic) bond motifs is 2. The molecule has 4 heterocycles. The SMILES string of the molecule is Cc1ccc2nc3c(cc(C(N)=O)c(N)[n+]3Cc3ccco3)c(=O)n2c1. The van der Waals surface area contributed by atoms with E-state index in [1.54, 1.807) is 29.0 Å². The zero-order chi connectivity index (χ0) is 18.4. The van der Waals surface area contributed by atoms with Crippen LogP contribution in [0.1, 0.15) is 21.7 Å². The Balaban J connectivity index is 2.14. The van der Waals surface area contributed by atoms with E-state index in [9.17, 15) is 9.59 Å². The average molecular weight is 350 g/mol. The summed E-state index contributed by atoms with van der Waals surface area (Å²) in [6.45, 7) is 2.09. The van der Waals surface area contributed by atoms with Crippen molar-refractivity contribution in [1.82, 2.24) is 9.38 Å². The predicted molar refractivity (Wildman–Crippen MR) is 94.6 cm³/mol. The Morgan fingerprint density at radius 2 is 2.15 bits per heavy atom. The fourth-order valence-electron chi connectivity index (χ4n) is 2.97. The van der Waals surface area contributed by atoms with Crippen LogP contribution < -0.4 is 21.6 Å². The van der Waals surface area contributed by atoms with Gasteiger partial charge in [-0.1, -0.05) is 11.1 Å². The Morgan fingerprint density at radius 3 is 2.85 bits per heavy atom. The molecular weight excluding hydrogens is 334 g/mol. The fourth-order valence-corrected chi connectivity index (χ4v) is 2.97. The highest BCUT2D eigenvalue weighted by atomic mass is 16.3. The maximum atomic E-state index is 13.0. The van der Waals surface area contributed by atoms with Crippen molar-refractivity contribution in [3.8, 4) is 0 Å². The van der Waals surface area contributed by atoms with Crippen LogP contribution in [0.15, 0.2) is 52.0 Å². The molecule has 0 spiro atoms. The highest BCUT2D eigenvalue weighted by molar-refractivity contribution is 5.99. The van der Waals surface area contributed by atoms with Crippen LogP contribution in [0.3, 0.4) is 0 Å². The number of amides is 1. The number of carbonyl (C=O) groups excluding carboxylic acids is 1. The molecule has 0 radical (unpaired) electrons. The van der Waals surface area contributed by atoms with Crippen LogP contribution in [0.2, 0.25) is 0 Å². The molecule has 0 saturated heterocycles. The molecular formula is C18H16N5O3+. The lowest BCUT2D eigenvalue weighted by Crippen LogP contribution is -2.42. The van der Waals surface area contributed by atoms with Crippen LogP contribution in [0, 0.1) is 6.92 Å². The van der Waals surface area contributed by atoms with Gasteiger partial charge in [0, 0.05) is 6.20 Å². The molecule has 0 aliphatic heterocycles. The van der Waals surface area contributed by atoms with Crippen LogP contribution >= 0.6 is 0 Å². The van der Waals surface area contributed by atoms with E-state index in [-0.39, 0.29) is 28.9 Å². The topological polar surface area (TPSA) is 120 Å². The third-order valence-corrected chi connectivity index (χ3v) is 4.26. The number of hydrogen-bond donors (Lipinski definition) is 2. The van der Waals surface area contributed by atoms with Gasteiger partial charge in [0.2, 0.25) is 11.5 Å². The Hall–Kier alpha value is -3.68. The number of anilines is 1. The Labute approximate surface area is 147 Å². The van der Waals surface area contributed by atoms with Gasteiger partial charge in [0.1, 0.15) is 23.3 Å². The second kappa shape index (κ2) is 5.69.